The summed E-state index contributed by atoms with van der Waals surface area (Å²) in [6, 6.07) is 19.5. The minimum absolute atomic E-state index is 0.0768. The van der Waals surface area contributed by atoms with E-state index < -0.39 is 10.0 Å². The van der Waals surface area contributed by atoms with Gasteiger partial charge < -0.3 is 10.1 Å². The van der Waals surface area contributed by atoms with E-state index in [1.165, 1.54) is 30.3 Å². The maximum absolute atomic E-state index is 12.5. The lowest BCUT2D eigenvalue weighted by Gasteiger charge is -2.11. The largest absolute Gasteiger partial charge is 0.496 e. The van der Waals surface area contributed by atoms with E-state index >= 15 is 0 Å². The molecular weight excluding hydrogens is 412 g/mol. The van der Waals surface area contributed by atoms with Crippen LogP contribution in [0, 0.1) is 0 Å². The van der Waals surface area contributed by atoms with E-state index in [0.29, 0.717) is 16.3 Å². The number of rotatable bonds is 7. The molecule has 29 heavy (non-hydrogen) atoms. The first-order chi connectivity index (χ1) is 13.9. The SMILES string of the molecule is COc1ccccc1CNC(=O)c1cccc(NS(=O)(=O)c2ccc(Cl)cc2)c1. The molecule has 3 aromatic rings. The number of benzene rings is 3. The Hall–Kier alpha value is -3.03. The molecule has 8 heteroatoms. The number of carbonyl (C=O) groups excluding carboxylic acids is 1. The van der Waals surface area contributed by atoms with Gasteiger partial charge in [-0.25, -0.2) is 8.42 Å². The molecule has 0 aliphatic heterocycles. The summed E-state index contributed by atoms with van der Waals surface area (Å²) in [6.07, 6.45) is 0. The zero-order chi connectivity index (χ0) is 20.9. The van der Waals surface area contributed by atoms with E-state index in [1.807, 2.05) is 24.3 Å². The summed E-state index contributed by atoms with van der Waals surface area (Å²) in [5.41, 5.74) is 1.45. The molecule has 0 aromatic heterocycles. The average molecular weight is 431 g/mol. The fourth-order valence-electron chi connectivity index (χ4n) is 2.68. The van der Waals surface area contributed by atoms with Crippen LogP contribution >= 0.6 is 11.6 Å². The van der Waals surface area contributed by atoms with E-state index in [1.54, 1.807) is 25.3 Å². The summed E-state index contributed by atoms with van der Waals surface area (Å²) >= 11 is 5.80. The summed E-state index contributed by atoms with van der Waals surface area (Å²) in [5, 5.41) is 3.25. The number of para-hydroxylation sites is 1. The number of hydrogen-bond donors (Lipinski definition) is 2. The molecule has 0 fully saturated rings. The molecule has 0 aliphatic rings. The standard InChI is InChI=1S/C21H19ClN2O4S/c1-28-20-8-3-2-5-16(20)14-23-21(25)15-6-4-7-18(13-15)24-29(26,27)19-11-9-17(22)10-12-19/h2-13,24H,14H2,1H3,(H,23,25). The van der Waals surface area contributed by atoms with Gasteiger partial charge in [-0.3, -0.25) is 9.52 Å². The molecule has 0 bridgehead atoms. The molecule has 0 unspecified atom stereocenters. The Kier molecular flexibility index (Phi) is 6.41. The van der Waals surface area contributed by atoms with Crippen molar-refractivity contribution in [2.45, 2.75) is 11.4 Å². The number of sulfonamides is 1. The normalized spacial score (nSPS) is 11.0. The molecule has 0 saturated carbocycles. The number of ether oxygens (including phenoxy) is 1. The van der Waals surface area contributed by atoms with Crippen molar-refractivity contribution in [3.63, 3.8) is 0 Å². The van der Waals surface area contributed by atoms with Crippen LogP contribution in [-0.4, -0.2) is 21.4 Å². The van der Waals surface area contributed by atoms with Crippen LogP contribution in [0.4, 0.5) is 5.69 Å². The fraction of sp³-hybridized carbons (Fsp3) is 0.0952. The van der Waals surface area contributed by atoms with Gasteiger partial charge in [0.2, 0.25) is 0 Å². The van der Waals surface area contributed by atoms with Gasteiger partial charge in [0.25, 0.3) is 15.9 Å². The molecule has 3 rings (SSSR count). The van der Waals surface area contributed by atoms with Crippen LogP contribution in [0.15, 0.2) is 77.7 Å². The molecule has 150 valence electrons. The molecule has 0 spiro atoms. The second kappa shape index (κ2) is 8.98. The van der Waals surface area contributed by atoms with Crippen molar-refractivity contribution in [2.24, 2.45) is 0 Å². The van der Waals surface area contributed by atoms with Crippen LogP contribution in [0.3, 0.4) is 0 Å². The van der Waals surface area contributed by atoms with Crippen LogP contribution in [-0.2, 0) is 16.6 Å². The summed E-state index contributed by atoms with van der Waals surface area (Å²) in [7, 11) is -2.23. The number of carbonyl (C=O) groups is 1. The Balaban J connectivity index is 1.71. The second-order valence-electron chi connectivity index (χ2n) is 6.13. The molecular formula is C21H19ClN2O4S. The van der Waals surface area contributed by atoms with Gasteiger partial charge in [-0.15, -0.1) is 0 Å². The Labute approximate surface area is 174 Å². The minimum Gasteiger partial charge on any atom is -0.496 e. The maximum atomic E-state index is 12.5. The zero-order valence-corrected chi connectivity index (χ0v) is 17.1. The molecule has 0 atom stereocenters. The van der Waals surface area contributed by atoms with Crippen molar-refractivity contribution in [3.8, 4) is 5.75 Å². The summed E-state index contributed by atoms with van der Waals surface area (Å²) in [4.78, 5) is 12.6. The predicted molar refractivity (Wildman–Crippen MR) is 113 cm³/mol. The zero-order valence-electron chi connectivity index (χ0n) is 15.6. The fourth-order valence-corrected chi connectivity index (χ4v) is 3.85. The van der Waals surface area contributed by atoms with E-state index in [-0.39, 0.29) is 23.0 Å². The summed E-state index contributed by atoms with van der Waals surface area (Å²) in [5.74, 6) is 0.348. The van der Waals surface area contributed by atoms with Gasteiger partial charge in [0.15, 0.2) is 0 Å². The second-order valence-corrected chi connectivity index (χ2v) is 8.25. The highest BCUT2D eigenvalue weighted by molar-refractivity contribution is 7.92. The van der Waals surface area contributed by atoms with Crippen LogP contribution in [0.1, 0.15) is 15.9 Å². The van der Waals surface area contributed by atoms with Crippen molar-refractivity contribution in [2.75, 3.05) is 11.8 Å². The van der Waals surface area contributed by atoms with Gasteiger partial charge in [-0.2, -0.15) is 0 Å². The van der Waals surface area contributed by atoms with Gasteiger partial charge >= 0.3 is 0 Å². The minimum atomic E-state index is -3.79. The highest BCUT2D eigenvalue weighted by Crippen LogP contribution is 2.20. The van der Waals surface area contributed by atoms with E-state index in [2.05, 4.69) is 10.0 Å². The Bertz CT molecular complexity index is 1120. The number of amides is 1. The lowest BCUT2D eigenvalue weighted by Crippen LogP contribution is -2.23. The van der Waals surface area contributed by atoms with Gasteiger partial charge in [0.05, 0.1) is 12.0 Å². The monoisotopic (exact) mass is 430 g/mol. The molecule has 3 aromatic carbocycles. The smallest absolute Gasteiger partial charge is 0.261 e. The van der Waals surface area contributed by atoms with Gasteiger partial charge in [0, 0.05) is 28.4 Å². The topological polar surface area (TPSA) is 84.5 Å². The maximum Gasteiger partial charge on any atom is 0.261 e. The number of hydrogen-bond acceptors (Lipinski definition) is 4. The van der Waals surface area contributed by atoms with Gasteiger partial charge in [-0.1, -0.05) is 35.9 Å². The van der Waals surface area contributed by atoms with Crippen molar-refractivity contribution in [3.05, 3.63) is 88.9 Å². The van der Waals surface area contributed by atoms with E-state index in [0.717, 1.165) is 5.56 Å². The van der Waals surface area contributed by atoms with Crippen LogP contribution in [0.25, 0.3) is 0 Å². The summed E-state index contributed by atoms with van der Waals surface area (Å²) in [6.45, 7) is 0.281. The quantitative estimate of drug-likeness (QED) is 0.591. The first kappa shape index (κ1) is 20.7. The van der Waals surface area contributed by atoms with E-state index in [9.17, 15) is 13.2 Å². The van der Waals surface area contributed by atoms with Crippen molar-refractivity contribution >= 4 is 33.2 Å². The van der Waals surface area contributed by atoms with Crippen molar-refractivity contribution in [1.82, 2.24) is 5.32 Å². The molecule has 6 nitrogen and oxygen atoms in total. The molecule has 2 N–H and O–H groups in total. The highest BCUT2D eigenvalue weighted by atomic mass is 35.5. The van der Waals surface area contributed by atoms with Crippen molar-refractivity contribution < 1.29 is 17.9 Å². The number of halogens is 1. The predicted octanol–water partition coefficient (Wildman–Crippen LogP) is 4.08. The van der Waals surface area contributed by atoms with Gasteiger partial charge in [-0.05, 0) is 48.5 Å². The van der Waals surface area contributed by atoms with Crippen LogP contribution < -0.4 is 14.8 Å². The highest BCUT2D eigenvalue weighted by Gasteiger charge is 2.15. The molecule has 0 heterocycles. The molecule has 0 saturated heterocycles. The third-order valence-corrected chi connectivity index (χ3v) is 5.78. The molecule has 0 radical (unpaired) electrons. The van der Waals surface area contributed by atoms with E-state index in [4.69, 9.17) is 16.3 Å². The first-order valence-corrected chi connectivity index (χ1v) is 10.5. The third-order valence-electron chi connectivity index (χ3n) is 4.13. The Morgan fingerprint density at radius 2 is 1.72 bits per heavy atom. The number of nitrogens with one attached hydrogen (secondary N) is 2. The van der Waals surface area contributed by atoms with Crippen LogP contribution in [0.5, 0.6) is 5.75 Å². The lowest BCUT2D eigenvalue weighted by atomic mass is 10.1. The van der Waals surface area contributed by atoms with Gasteiger partial charge in [0.1, 0.15) is 5.75 Å². The number of methoxy groups -OCH3 is 1. The van der Waals surface area contributed by atoms with Crippen molar-refractivity contribution in [1.29, 1.82) is 0 Å². The first-order valence-electron chi connectivity index (χ1n) is 8.67. The molecule has 1 amide bonds. The Morgan fingerprint density at radius 1 is 1.00 bits per heavy atom. The number of anilines is 1. The summed E-state index contributed by atoms with van der Waals surface area (Å²) < 4.78 is 32.8. The third kappa shape index (κ3) is 5.28. The van der Waals surface area contributed by atoms with Crippen LogP contribution in [0.2, 0.25) is 5.02 Å². The average Bonchev–Trinajstić information content (AvgIpc) is 2.72. The molecule has 0 aliphatic carbocycles. The Morgan fingerprint density at radius 3 is 2.45 bits per heavy atom. The lowest BCUT2D eigenvalue weighted by molar-refractivity contribution is 0.0950.